The van der Waals surface area contributed by atoms with Crippen molar-refractivity contribution in [2.24, 2.45) is 5.73 Å². The maximum atomic E-state index is 13.0. The van der Waals surface area contributed by atoms with Gasteiger partial charge in [0.15, 0.2) is 0 Å². The number of nitrogens with two attached hydrogens (primary N) is 1. The van der Waals surface area contributed by atoms with Crippen molar-refractivity contribution in [3.63, 3.8) is 0 Å². The van der Waals surface area contributed by atoms with E-state index in [0.717, 1.165) is 19.1 Å². The summed E-state index contributed by atoms with van der Waals surface area (Å²) >= 11 is 0. The highest BCUT2D eigenvalue weighted by molar-refractivity contribution is 6.01. The fraction of sp³-hybridized carbons (Fsp3) is 0.278. The lowest BCUT2D eigenvalue weighted by atomic mass is 9.89. The standard InChI is InChI=1S/C18H17F3N2O5/c1-9-8-28-12(7-13(24)25)14(9)15(26)23-17(2,16(22)27)10-4-3-5-11(6-10)18(19,20)21/h3-6,8H,7H2,1-2H3,(H2,22,27)(H,23,26)(H,24,25). The van der Waals surface area contributed by atoms with E-state index in [1.54, 1.807) is 0 Å². The number of furan rings is 1. The van der Waals surface area contributed by atoms with E-state index in [9.17, 15) is 27.6 Å². The molecule has 0 spiro atoms. The molecule has 0 aliphatic carbocycles. The molecule has 2 rings (SSSR count). The van der Waals surface area contributed by atoms with Crippen LogP contribution < -0.4 is 11.1 Å². The number of amides is 2. The van der Waals surface area contributed by atoms with Crippen LogP contribution in [0, 0.1) is 6.92 Å². The van der Waals surface area contributed by atoms with E-state index in [1.165, 1.54) is 19.3 Å². The van der Waals surface area contributed by atoms with Gasteiger partial charge in [0.1, 0.15) is 17.7 Å². The molecule has 1 aromatic heterocycles. The fourth-order valence-electron chi connectivity index (χ4n) is 2.64. The van der Waals surface area contributed by atoms with Crippen LogP contribution in [0.5, 0.6) is 0 Å². The summed E-state index contributed by atoms with van der Waals surface area (Å²) < 4.78 is 44.1. The lowest BCUT2D eigenvalue weighted by Gasteiger charge is -2.28. The lowest BCUT2D eigenvalue weighted by Crippen LogP contribution is -2.53. The summed E-state index contributed by atoms with van der Waals surface area (Å²) in [5.74, 6) is -3.40. The first-order valence-electron chi connectivity index (χ1n) is 7.95. The minimum atomic E-state index is -4.66. The van der Waals surface area contributed by atoms with Crippen LogP contribution in [0.4, 0.5) is 13.2 Å². The Morgan fingerprint density at radius 1 is 1.21 bits per heavy atom. The highest BCUT2D eigenvalue weighted by atomic mass is 19.4. The van der Waals surface area contributed by atoms with Crippen molar-refractivity contribution >= 4 is 17.8 Å². The summed E-state index contributed by atoms with van der Waals surface area (Å²) in [7, 11) is 0. The van der Waals surface area contributed by atoms with Gasteiger partial charge in [-0.2, -0.15) is 13.2 Å². The Labute approximate surface area is 157 Å². The molecule has 150 valence electrons. The number of carboxylic acid groups (broad SMARTS) is 1. The Kier molecular flexibility index (Phi) is 5.53. The van der Waals surface area contributed by atoms with Crippen LogP contribution in [0.2, 0.25) is 0 Å². The topological polar surface area (TPSA) is 123 Å². The Morgan fingerprint density at radius 3 is 2.36 bits per heavy atom. The van der Waals surface area contributed by atoms with E-state index in [4.69, 9.17) is 15.3 Å². The molecule has 0 aliphatic heterocycles. The van der Waals surface area contributed by atoms with Gasteiger partial charge in [-0.15, -0.1) is 0 Å². The number of hydrogen-bond donors (Lipinski definition) is 3. The molecule has 0 saturated heterocycles. The molecule has 0 bridgehead atoms. The summed E-state index contributed by atoms with van der Waals surface area (Å²) in [6.45, 7) is 2.64. The van der Waals surface area contributed by atoms with Crippen molar-refractivity contribution in [3.05, 3.63) is 58.5 Å². The summed E-state index contributed by atoms with van der Waals surface area (Å²) in [6, 6.07) is 3.84. The van der Waals surface area contributed by atoms with Gasteiger partial charge in [-0.25, -0.2) is 0 Å². The van der Waals surface area contributed by atoms with Crippen LogP contribution in [0.15, 0.2) is 34.9 Å². The molecule has 28 heavy (non-hydrogen) atoms. The third-order valence-corrected chi connectivity index (χ3v) is 4.21. The smallest absolute Gasteiger partial charge is 0.416 e. The maximum Gasteiger partial charge on any atom is 0.416 e. The molecule has 0 radical (unpaired) electrons. The largest absolute Gasteiger partial charge is 0.481 e. The minimum Gasteiger partial charge on any atom is -0.481 e. The number of nitrogens with one attached hydrogen (secondary N) is 1. The van der Waals surface area contributed by atoms with Crippen LogP contribution in [-0.2, 0) is 27.7 Å². The molecular weight excluding hydrogens is 381 g/mol. The molecule has 1 unspecified atom stereocenters. The Balaban J connectivity index is 2.46. The third kappa shape index (κ3) is 4.16. The van der Waals surface area contributed by atoms with Crippen molar-refractivity contribution in [1.29, 1.82) is 0 Å². The van der Waals surface area contributed by atoms with Gasteiger partial charge in [-0.05, 0) is 31.5 Å². The van der Waals surface area contributed by atoms with Gasteiger partial charge in [0.25, 0.3) is 5.91 Å². The normalized spacial score (nSPS) is 13.6. The van der Waals surface area contributed by atoms with Crippen molar-refractivity contribution < 1.29 is 37.1 Å². The minimum absolute atomic E-state index is 0.123. The zero-order valence-electron chi connectivity index (χ0n) is 14.9. The number of benzene rings is 1. The predicted octanol–water partition coefficient (Wildman–Crippen LogP) is 2.36. The molecule has 7 nitrogen and oxygen atoms in total. The summed E-state index contributed by atoms with van der Waals surface area (Å²) in [5.41, 5.74) is 2.36. The van der Waals surface area contributed by atoms with Crippen LogP contribution in [-0.4, -0.2) is 22.9 Å². The summed E-state index contributed by atoms with van der Waals surface area (Å²) in [4.78, 5) is 35.7. The molecule has 1 atom stereocenters. The van der Waals surface area contributed by atoms with E-state index in [2.05, 4.69) is 5.32 Å². The first kappa shape index (κ1) is 21.0. The molecule has 0 saturated carbocycles. The van der Waals surface area contributed by atoms with E-state index in [1.807, 2.05) is 0 Å². The van der Waals surface area contributed by atoms with Gasteiger partial charge in [-0.1, -0.05) is 12.1 Å². The number of halogens is 3. The second kappa shape index (κ2) is 7.37. The molecule has 10 heteroatoms. The van der Waals surface area contributed by atoms with Gasteiger partial charge in [-0.3, -0.25) is 14.4 Å². The van der Waals surface area contributed by atoms with Gasteiger partial charge in [0.2, 0.25) is 5.91 Å². The van der Waals surface area contributed by atoms with Crippen molar-refractivity contribution in [1.82, 2.24) is 5.32 Å². The predicted molar refractivity (Wildman–Crippen MR) is 90.2 cm³/mol. The van der Waals surface area contributed by atoms with E-state index >= 15 is 0 Å². The lowest BCUT2D eigenvalue weighted by molar-refractivity contribution is -0.138. The van der Waals surface area contributed by atoms with Crippen molar-refractivity contribution in [2.45, 2.75) is 32.0 Å². The zero-order valence-corrected chi connectivity index (χ0v) is 14.9. The van der Waals surface area contributed by atoms with Gasteiger partial charge < -0.3 is 20.6 Å². The third-order valence-electron chi connectivity index (χ3n) is 4.21. The second-order valence-corrected chi connectivity index (χ2v) is 6.31. The monoisotopic (exact) mass is 398 g/mol. The number of carbonyl (C=O) groups is 3. The van der Waals surface area contributed by atoms with E-state index in [0.29, 0.717) is 11.6 Å². The van der Waals surface area contributed by atoms with E-state index in [-0.39, 0.29) is 16.9 Å². The van der Waals surface area contributed by atoms with Gasteiger partial charge >= 0.3 is 12.1 Å². The number of aryl methyl sites for hydroxylation is 1. The quantitative estimate of drug-likeness (QED) is 0.689. The first-order chi connectivity index (χ1) is 12.9. The number of carboxylic acids is 1. The van der Waals surface area contributed by atoms with E-state index < -0.39 is 41.5 Å². The average Bonchev–Trinajstić information content (AvgIpc) is 2.93. The highest BCUT2D eigenvalue weighted by Crippen LogP contribution is 2.32. The molecule has 2 amide bonds. The average molecular weight is 398 g/mol. The van der Waals surface area contributed by atoms with Crippen molar-refractivity contribution in [2.75, 3.05) is 0 Å². The number of rotatable bonds is 6. The summed E-state index contributed by atoms with van der Waals surface area (Å²) in [5, 5.41) is 11.2. The number of primary amides is 1. The van der Waals surface area contributed by atoms with Crippen LogP contribution >= 0.6 is 0 Å². The highest BCUT2D eigenvalue weighted by Gasteiger charge is 2.39. The molecule has 1 aromatic carbocycles. The zero-order chi connectivity index (χ0) is 21.3. The molecule has 1 heterocycles. The van der Waals surface area contributed by atoms with Crippen LogP contribution in [0.1, 0.15) is 39.7 Å². The Morgan fingerprint density at radius 2 is 1.82 bits per heavy atom. The van der Waals surface area contributed by atoms with Gasteiger partial charge in [0.05, 0.1) is 17.4 Å². The second-order valence-electron chi connectivity index (χ2n) is 6.31. The number of hydrogen-bond acceptors (Lipinski definition) is 4. The van der Waals surface area contributed by atoms with Gasteiger partial charge in [0, 0.05) is 5.56 Å². The Hall–Kier alpha value is -3.30. The fourth-order valence-corrected chi connectivity index (χ4v) is 2.64. The number of carbonyl (C=O) groups excluding carboxylic acids is 2. The summed E-state index contributed by atoms with van der Waals surface area (Å²) in [6.07, 6.45) is -4.08. The number of aliphatic carboxylic acids is 1. The molecule has 4 N–H and O–H groups in total. The SMILES string of the molecule is Cc1coc(CC(=O)O)c1C(=O)NC(C)(C(N)=O)c1cccc(C(F)(F)F)c1. The molecule has 2 aromatic rings. The molecular formula is C18H17F3N2O5. The first-order valence-corrected chi connectivity index (χ1v) is 7.95. The molecule has 0 fully saturated rings. The van der Waals surface area contributed by atoms with Crippen molar-refractivity contribution in [3.8, 4) is 0 Å². The van der Waals surface area contributed by atoms with Crippen LogP contribution in [0.25, 0.3) is 0 Å². The maximum absolute atomic E-state index is 13.0. The Bertz CT molecular complexity index is 936. The number of alkyl halides is 3. The van der Waals surface area contributed by atoms with Crippen LogP contribution in [0.3, 0.4) is 0 Å². The molecule has 0 aliphatic rings.